The molecule has 0 saturated carbocycles. The van der Waals surface area contributed by atoms with Gasteiger partial charge in [-0.15, -0.1) is 0 Å². The normalized spacial score (nSPS) is 10.3. The van der Waals surface area contributed by atoms with Crippen molar-refractivity contribution >= 4 is 34.4 Å². The molecule has 0 aliphatic rings. The molecule has 0 aliphatic heterocycles. The van der Waals surface area contributed by atoms with Gasteiger partial charge >= 0.3 is 0 Å². The van der Waals surface area contributed by atoms with Crippen LogP contribution >= 0.6 is 24.4 Å². The van der Waals surface area contributed by atoms with E-state index in [4.69, 9.17) is 24.4 Å². The van der Waals surface area contributed by atoms with E-state index in [1.165, 1.54) is 0 Å². The maximum Gasteiger partial charge on any atom is 0.0823 e. The monoisotopic (exact) mass is 218 g/mol. The van der Waals surface area contributed by atoms with Crippen LogP contribution in [0.3, 0.4) is 0 Å². The molecule has 0 atom stereocenters. The second kappa shape index (κ2) is 6.27. The fourth-order valence-electron chi connectivity index (χ4n) is 0.892. The van der Waals surface area contributed by atoms with Gasteiger partial charge in [0.15, 0.2) is 0 Å². The van der Waals surface area contributed by atoms with Crippen molar-refractivity contribution in [2.45, 2.75) is 46.2 Å². The minimum atomic E-state index is 0.384. The summed E-state index contributed by atoms with van der Waals surface area (Å²) in [6, 6.07) is 0.767. The Kier molecular flexibility index (Phi) is 6.16. The van der Waals surface area contributed by atoms with Crippen LogP contribution in [0.15, 0.2) is 0 Å². The fourth-order valence-corrected chi connectivity index (χ4v) is 1.74. The highest BCUT2D eigenvalue weighted by Crippen LogP contribution is 1.91. The average Bonchev–Trinajstić information content (AvgIpc) is 1.80. The molecule has 0 heterocycles. The van der Waals surface area contributed by atoms with Gasteiger partial charge < -0.3 is 10.6 Å². The third-order valence-electron chi connectivity index (χ3n) is 1.22. The van der Waals surface area contributed by atoms with Crippen molar-refractivity contribution in [2.75, 3.05) is 0 Å². The zero-order chi connectivity index (χ0) is 10.4. The number of hydrogen-bond acceptors (Lipinski definition) is 2. The predicted molar refractivity (Wildman–Crippen MR) is 66.4 cm³/mol. The van der Waals surface area contributed by atoms with Crippen molar-refractivity contribution in [1.82, 2.24) is 10.6 Å². The van der Waals surface area contributed by atoms with E-state index in [1.54, 1.807) is 0 Å². The molecule has 0 aromatic heterocycles. The minimum absolute atomic E-state index is 0.384. The molecule has 0 rings (SSSR count). The molecule has 2 nitrogen and oxygen atoms in total. The Bertz CT molecular complexity index is 168. The second-order valence-electron chi connectivity index (χ2n) is 3.62. The molecule has 0 bridgehead atoms. The molecule has 4 heteroatoms. The van der Waals surface area contributed by atoms with Crippen LogP contribution in [0.5, 0.6) is 0 Å². The van der Waals surface area contributed by atoms with Crippen molar-refractivity contribution in [3.05, 3.63) is 0 Å². The summed E-state index contributed by atoms with van der Waals surface area (Å²) in [7, 11) is 0. The van der Waals surface area contributed by atoms with Crippen LogP contribution in [0.4, 0.5) is 0 Å². The van der Waals surface area contributed by atoms with E-state index in [0.717, 1.165) is 9.98 Å². The Balaban J connectivity index is 3.72. The first kappa shape index (κ1) is 12.8. The zero-order valence-corrected chi connectivity index (χ0v) is 10.3. The summed E-state index contributed by atoms with van der Waals surface area (Å²) in [5.41, 5.74) is 0. The van der Waals surface area contributed by atoms with Gasteiger partial charge in [-0.1, -0.05) is 24.4 Å². The maximum absolute atomic E-state index is 5.12. The van der Waals surface area contributed by atoms with Crippen molar-refractivity contribution in [2.24, 2.45) is 0 Å². The third kappa shape index (κ3) is 8.12. The lowest BCUT2D eigenvalue weighted by molar-refractivity contribution is 0.723. The summed E-state index contributed by atoms with van der Waals surface area (Å²) < 4.78 is 0. The highest BCUT2D eigenvalue weighted by atomic mass is 32.1. The maximum atomic E-state index is 5.12. The summed E-state index contributed by atoms with van der Waals surface area (Å²) in [6.07, 6.45) is 0.654. The van der Waals surface area contributed by atoms with Crippen LogP contribution in [0.2, 0.25) is 0 Å². The topological polar surface area (TPSA) is 24.1 Å². The Morgan fingerprint density at radius 2 is 1.23 bits per heavy atom. The average molecular weight is 218 g/mol. The van der Waals surface area contributed by atoms with E-state index in [1.807, 2.05) is 0 Å². The van der Waals surface area contributed by atoms with Gasteiger partial charge in [-0.25, -0.2) is 0 Å². The van der Waals surface area contributed by atoms with Crippen LogP contribution in [0, 0.1) is 0 Å². The molecular weight excluding hydrogens is 200 g/mol. The van der Waals surface area contributed by atoms with Gasteiger partial charge in [-0.3, -0.25) is 0 Å². The van der Waals surface area contributed by atoms with E-state index in [-0.39, 0.29) is 0 Å². The highest BCUT2D eigenvalue weighted by molar-refractivity contribution is 7.82. The predicted octanol–water partition coefficient (Wildman–Crippen LogP) is 2.03. The lowest BCUT2D eigenvalue weighted by Crippen LogP contribution is -2.35. The van der Waals surface area contributed by atoms with Gasteiger partial charge in [-0.05, 0) is 27.7 Å². The molecule has 0 aromatic rings. The lowest BCUT2D eigenvalue weighted by Gasteiger charge is -2.14. The Morgan fingerprint density at radius 3 is 1.46 bits per heavy atom. The largest absolute Gasteiger partial charge is 0.377 e. The molecule has 0 aromatic carbocycles. The van der Waals surface area contributed by atoms with Gasteiger partial charge in [-0.2, -0.15) is 0 Å². The lowest BCUT2D eigenvalue weighted by atomic mass is 10.3. The summed E-state index contributed by atoms with van der Waals surface area (Å²) >= 11 is 10.2. The molecule has 76 valence electrons. The van der Waals surface area contributed by atoms with Gasteiger partial charge in [0.25, 0.3) is 0 Å². The van der Waals surface area contributed by atoms with Crippen molar-refractivity contribution in [3.8, 4) is 0 Å². The van der Waals surface area contributed by atoms with E-state index < -0.39 is 0 Å². The van der Waals surface area contributed by atoms with Crippen LogP contribution < -0.4 is 10.6 Å². The third-order valence-corrected chi connectivity index (χ3v) is 1.74. The molecule has 0 amide bonds. The fraction of sp³-hybridized carbons (Fsp3) is 0.778. The van der Waals surface area contributed by atoms with Gasteiger partial charge in [0.2, 0.25) is 0 Å². The summed E-state index contributed by atoms with van der Waals surface area (Å²) in [5.74, 6) is 0. The molecular formula is C9H18N2S2. The van der Waals surface area contributed by atoms with Crippen LogP contribution in [-0.4, -0.2) is 22.1 Å². The molecule has 0 aliphatic carbocycles. The summed E-state index contributed by atoms with van der Waals surface area (Å²) in [5, 5.41) is 6.30. The zero-order valence-electron chi connectivity index (χ0n) is 8.68. The van der Waals surface area contributed by atoms with Crippen LogP contribution in [0.1, 0.15) is 34.1 Å². The van der Waals surface area contributed by atoms with Gasteiger partial charge in [0.05, 0.1) is 9.98 Å². The van der Waals surface area contributed by atoms with Crippen molar-refractivity contribution < 1.29 is 0 Å². The summed E-state index contributed by atoms with van der Waals surface area (Å²) in [4.78, 5) is 1.63. The number of nitrogens with one attached hydrogen (secondary N) is 2. The summed E-state index contributed by atoms with van der Waals surface area (Å²) in [6.45, 7) is 8.24. The molecule has 0 radical (unpaired) electrons. The van der Waals surface area contributed by atoms with Crippen LogP contribution in [0.25, 0.3) is 0 Å². The standard InChI is InChI=1S/C9H18N2S2/c1-6(2)10-8(12)5-9(13)11-7(3)4/h6-7H,5H2,1-4H3,(H,10,12)(H,11,13). The molecule has 2 N–H and O–H groups in total. The Morgan fingerprint density at radius 1 is 0.923 bits per heavy atom. The minimum Gasteiger partial charge on any atom is -0.377 e. The quantitative estimate of drug-likeness (QED) is 0.705. The van der Waals surface area contributed by atoms with E-state index >= 15 is 0 Å². The first-order valence-corrected chi connectivity index (χ1v) is 5.32. The molecule has 0 unspecified atom stereocenters. The van der Waals surface area contributed by atoms with Gasteiger partial charge in [0.1, 0.15) is 0 Å². The molecule has 0 saturated heterocycles. The van der Waals surface area contributed by atoms with Crippen molar-refractivity contribution in [3.63, 3.8) is 0 Å². The Hall–Kier alpha value is -0.220. The number of rotatable bonds is 4. The Labute approximate surface area is 91.5 Å². The van der Waals surface area contributed by atoms with Crippen molar-refractivity contribution in [1.29, 1.82) is 0 Å². The van der Waals surface area contributed by atoms with Crippen LogP contribution in [-0.2, 0) is 0 Å². The molecule has 0 fully saturated rings. The number of thiocarbonyl (C=S) groups is 2. The highest BCUT2D eigenvalue weighted by Gasteiger charge is 2.03. The first-order chi connectivity index (χ1) is 5.91. The first-order valence-electron chi connectivity index (χ1n) is 4.50. The molecule has 0 spiro atoms. The smallest absolute Gasteiger partial charge is 0.0823 e. The SMILES string of the molecule is CC(C)NC(=S)CC(=S)NC(C)C. The second-order valence-corrected chi connectivity index (χ2v) is 4.61. The number of hydrogen-bond donors (Lipinski definition) is 2. The molecule has 13 heavy (non-hydrogen) atoms. The van der Waals surface area contributed by atoms with E-state index in [2.05, 4.69) is 38.3 Å². The van der Waals surface area contributed by atoms with E-state index in [9.17, 15) is 0 Å². The van der Waals surface area contributed by atoms with E-state index in [0.29, 0.717) is 18.5 Å². The van der Waals surface area contributed by atoms with Gasteiger partial charge in [0, 0.05) is 18.5 Å².